The molecule has 0 aliphatic carbocycles. The van der Waals surface area contributed by atoms with E-state index >= 15 is 0 Å². The molecule has 0 atom stereocenters. The molecular formula is C20H20N2O. The third-order valence-electron chi connectivity index (χ3n) is 4.96. The van der Waals surface area contributed by atoms with E-state index in [1.165, 1.54) is 22.2 Å². The molecule has 0 unspecified atom stereocenters. The number of hydrogen-bond acceptors (Lipinski definition) is 1. The number of fused-ring (bicyclic) bond motifs is 2. The van der Waals surface area contributed by atoms with Crippen LogP contribution in [0.2, 0.25) is 0 Å². The molecule has 0 saturated carbocycles. The van der Waals surface area contributed by atoms with Crippen LogP contribution in [0.4, 0.5) is 5.69 Å². The van der Waals surface area contributed by atoms with Crippen LogP contribution in [0, 0.1) is 6.92 Å². The van der Waals surface area contributed by atoms with Crippen molar-refractivity contribution >= 4 is 22.5 Å². The maximum atomic E-state index is 12.8. The number of hydrogen-bond donors (Lipinski definition) is 0. The Morgan fingerprint density at radius 2 is 1.91 bits per heavy atom. The van der Waals surface area contributed by atoms with Crippen molar-refractivity contribution in [1.82, 2.24) is 4.57 Å². The smallest absolute Gasteiger partial charge is 0.258 e. The summed E-state index contributed by atoms with van der Waals surface area (Å²) in [6.07, 6.45) is 0.954. The van der Waals surface area contributed by atoms with E-state index < -0.39 is 0 Å². The zero-order chi connectivity index (χ0) is 16.1. The molecule has 3 aromatic rings. The monoisotopic (exact) mass is 304 g/mol. The number of amides is 1. The molecule has 1 aliphatic rings. The molecule has 1 amide bonds. The quantitative estimate of drug-likeness (QED) is 0.696. The van der Waals surface area contributed by atoms with Gasteiger partial charge in [0.2, 0.25) is 0 Å². The highest BCUT2D eigenvalue weighted by Crippen LogP contribution is 2.31. The Bertz CT molecular complexity index is 936. The zero-order valence-electron chi connectivity index (χ0n) is 13.8. The van der Waals surface area contributed by atoms with Crippen LogP contribution in [0.1, 0.15) is 34.1 Å². The average molecular weight is 304 g/mol. The van der Waals surface area contributed by atoms with E-state index in [0.29, 0.717) is 6.54 Å². The van der Waals surface area contributed by atoms with Gasteiger partial charge in [-0.25, -0.2) is 0 Å². The van der Waals surface area contributed by atoms with Gasteiger partial charge in [-0.3, -0.25) is 4.79 Å². The number of benzene rings is 2. The Balaban J connectivity index is 1.76. The molecular weight excluding hydrogens is 284 g/mol. The van der Waals surface area contributed by atoms with Crippen LogP contribution >= 0.6 is 0 Å². The number of carbonyl (C=O) groups is 1. The molecule has 2 heterocycles. The predicted octanol–water partition coefficient (Wildman–Crippen LogP) is 4.21. The fourth-order valence-corrected chi connectivity index (χ4v) is 3.42. The molecule has 3 heteroatoms. The van der Waals surface area contributed by atoms with Crippen molar-refractivity contribution in [1.29, 1.82) is 0 Å². The van der Waals surface area contributed by atoms with E-state index in [1.54, 1.807) is 0 Å². The normalized spacial score (nSPS) is 13.9. The first kappa shape index (κ1) is 14.1. The van der Waals surface area contributed by atoms with Gasteiger partial charge in [-0.15, -0.1) is 0 Å². The van der Waals surface area contributed by atoms with Crippen LogP contribution in [0.3, 0.4) is 0 Å². The molecule has 1 aromatic heterocycles. The molecule has 0 saturated heterocycles. The van der Waals surface area contributed by atoms with Gasteiger partial charge in [0.15, 0.2) is 0 Å². The summed E-state index contributed by atoms with van der Waals surface area (Å²) in [5.41, 5.74) is 6.59. The molecule has 0 N–H and O–H groups in total. The number of carbonyl (C=O) groups excluding carboxylic acids is 1. The second-order valence-electron chi connectivity index (χ2n) is 6.32. The lowest BCUT2D eigenvalue weighted by Gasteiger charge is -2.16. The highest BCUT2D eigenvalue weighted by atomic mass is 16.2. The molecule has 1 aliphatic heterocycles. The fraction of sp³-hybridized carbons (Fsp3) is 0.250. The topological polar surface area (TPSA) is 25.2 Å². The number of nitrogens with zero attached hydrogens (tertiary/aromatic N) is 2. The summed E-state index contributed by atoms with van der Waals surface area (Å²) in [5.74, 6) is 0.113. The molecule has 23 heavy (non-hydrogen) atoms. The number of aryl methyl sites for hydroxylation is 3. The summed E-state index contributed by atoms with van der Waals surface area (Å²) < 4.78 is 2.17. The first-order valence-electron chi connectivity index (χ1n) is 8.08. The van der Waals surface area contributed by atoms with Crippen LogP contribution in [0.25, 0.3) is 10.9 Å². The maximum absolute atomic E-state index is 12.8. The number of aromatic nitrogens is 1. The van der Waals surface area contributed by atoms with E-state index in [4.69, 9.17) is 0 Å². The van der Waals surface area contributed by atoms with Crippen LogP contribution in [-0.2, 0) is 20.0 Å². The molecule has 0 fully saturated rings. The summed E-state index contributed by atoms with van der Waals surface area (Å²) in [5, 5.41) is 1.18. The van der Waals surface area contributed by atoms with E-state index in [1.807, 2.05) is 17.0 Å². The van der Waals surface area contributed by atoms with Gasteiger partial charge in [0.25, 0.3) is 5.91 Å². The number of anilines is 1. The average Bonchev–Trinajstić information content (AvgIpc) is 3.04. The lowest BCUT2D eigenvalue weighted by molar-refractivity contribution is 0.0996. The summed E-state index contributed by atoms with van der Waals surface area (Å²) >= 11 is 0. The van der Waals surface area contributed by atoms with Crippen molar-refractivity contribution in [3.63, 3.8) is 0 Å². The molecule has 2 aromatic carbocycles. The van der Waals surface area contributed by atoms with Crippen molar-refractivity contribution in [3.8, 4) is 0 Å². The van der Waals surface area contributed by atoms with E-state index in [9.17, 15) is 4.79 Å². The van der Waals surface area contributed by atoms with Gasteiger partial charge in [0, 0.05) is 34.9 Å². The molecule has 0 radical (unpaired) electrons. The molecule has 3 nitrogen and oxygen atoms in total. The Hall–Kier alpha value is -2.55. The summed E-state index contributed by atoms with van der Waals surface area (Å²) in [6, 6.07) is 14.7. The second-order valence-corrected chi connectivity index (χ2v) is 6.32. The van der Waals surface area contributed by atoms with E-state index in [-0.39, 0.29) is 5.91 Å². The van der Waals surface area contributed by atoms with Crippen molar-refractivity contribution in [2.45, 2.75) is 26.8 Å². The third kappa shape index (κ3) is 2.07. The first-order valence-corrected chi connectivity index (χ1v) is 8.08. The third-order valence-corrected chi connectivity index (χ3v) is 4.96. The van der Waals surface area contributed by atoms with Crippen molar-refractivity contribution < 1.29 is 4.79 Å². The maximum Gasteiger partial charge on any atom is 0.258 e. The van der Waals surface area contributed by atoms with E-state index in [0.717, 1.165) is 23.2 Å². The van der Waals surface area contributed by atoms with Crippen molar-refractivity contribution in [2.75, 3.05) is 4.90 Å². The SMILES string of the molecule is CCc1ccc2c(c1)C(=O)N(c1ccc3c(c1)cc(C)n3C)C2. The zero-order valence-corrected chi connectivity index (χ0v) is 13.8. The van der Waals surface area contributed by atoms with Gasteiger partial charge in [-0.05, 0) is 54.8 Å². The van der Waals surface area contributed by atoms with Gasteiger partial charge in [0.1, 0.15) is 0 Å². The van der Waals surface area contributed by atoms with Crippen LogP contribution in [-0.4, -0.2) is 10.5 Å². The van der Waals surface area contributed by atoms with Crippen LogP contribution in [0.5, 0.6) is 0 Å². The van der Waals surface area contributed by atoms with Gasteiger partial charge < -0.3 is 9.47 Å². The minimum atomic E-state index is 0.113. The standard InChI is InChI=1S/C20H20N2O/c1-4-14-5-6-15-12-22(20(23)18(15)10-14)17-7-8-19-16(11-17)9-13(2)21(19)3/h5-11H,4,12H2,1-3H3. The summed E-state index contributed by atoms with van der Waals surface area (Å²) in [6.45, 7) is 4.88. The van der Waals surface area contributed by atoms with Crippen molar-refractivity contribution in [3.05, 3.63) is 64.8 Å². The minimum absolute atomic E-state index is 0.113. The summed E-state index contributed by atoms with van der Waals surface area (Å²) in [7, 11) is 2.07. The van der Waals surface area contributed by atoms with Crippen LogP contribution in [0.15, 0.2) is 42.5 Å². The largest absolute Gasteiger partial charge is 0.348 e. The lowest BCUT2D eigenvalue weighted by Crippen LogP contribution is -2.22. The molecule has 4 rings (SSSR count). The van der Waals surface area contributed by atoms with Gasteiger partial charge in [-0.2, -0.15) is 0 Å². The fourth-order valence-electron chi connectivity index (χ4n) is 3.42. The summed E-state index contributed by atoms with van der Waals surface area (Å²) in [4.78, 5) is 14.7. The Morgan fingerprint density at radius 3 is 2.70 bits per heavy atom. The Kier molecular flexibility index (Phi) is 3.05. The minimum Gasteiger partial charge on any atom is -0.348 e. The highest BCUT2D eigenvalue weighted by molar-refractivity contribution is 6.10. The number of rotatable bonds is 2. The van der Waals surface area contributed by atoms with Crippen LogP contribution < -0.4 is 4.90 Å². The first-order chi connectivity index (χ1) is 11.1. The predicted molar refractivity (Wildman–Crippen MR) is 94.0 cm³/mol. The van der Waals surface area contributed by atoms with Gasteiger partial charge in [-0.1, -0.05) is 19.1 Å². The Morgan fingerprint density at radius 1 is 1.09 bits per heavy atom. The van der Waals surface area contributed by atoms with Crippen molar-refractivity contribution in [2.24, 2.45) is 7.05 Å². The Labute approximate surface area is 136 Å². The molecule has 116 valence electrons. The lowest BCUT2D eigenvalue weighted by atomic mass is 10.0. The molecule has 0 spiro atoms. The van der Waals surface area contributed by atoms with E-state index in [2.05, 4.69) is 55.8 Å². The molecule has 0 bridgehead atoms. The highest BCUT2D eigenvalue weighted by Gasteiger charge is 2.28. The van der Waals surface area contributed by atoms with Gasteiger partial charge >= 0.3 is 0 Å². The van der Waals surface area contributed by atoms with Gasteiger partial charge in [0.05, 0.1) is 6.54 Å². The second kappa shape index (κ2) is 4.98.